The number of amides is 2. The molecule has 2 amide bonds. The van der Waals surface area contributed by atoms with Crippen LogP contribution in [0.1, 0.15) is 81.0 Å². The number of carbonyl (C=O) groups is 2. The van der Waals surface area contributed by atoms with Crippen LogP contribution in [0.5, 0.6) is 0 Å². The fourth-order valence-electron chi connectivity index (χ4n) is 5.99. The smallest absolute Gasteiger partial charge is 0.293 e. The van der Waals surface area contributed by atoms with Gasteiger partial charge in [-0.1, -0.05) is 66.2 Å². The number of rotatable bonds is 13. The summed E-state index contributed by atoms with van der Waals surface area (Å²) in [4.78, 5) is 25.0. The lowest BCUT2D eigenvalue weighted by atomic mass is 9.96. The zero-order chi connectivity index (χ0) is 37.1. The Kier molecular flexibility index (Phi) is 11.3. The minimum Gasteiger partial charge on any atom is -0.744 e. The standard InChI is InChI=1S/C31H35F3N4O2.C7H8O3S/c1-30(2,34)16-25(29(40)38-31(17-35)13-14-31)37-26(27(32)33)21-9-5-19(6-10-21)18-3-7-20(8-4-18)23-15-24(23)28(39)36-22-11-12-22;1-6-2-4-7(5-3-6)11(8,9)10/h3-10,22-27,37H,11-16H2,1-2H3,(H,36,39)(H,38,40);2-5H,1H3,(H,8,9,10)/t23?,24-,25+,26+;/m1./s1. The van der Waals surface area contributed by atoms with E-state index in [1.54, 1.807) is 36.4 Å². The molecular formula is C38H43F3N4O5S. The van der Waals surface area contributed by atoms with Crippen molar-refractivity contribution in [3.05, 3.63) is 89.5 Å². The van der Waals surface area contributed by atoms with Crippen LogP contribution in [0.15, 0.2) is 77.7 Å². The lowest BCUT2D eigenvalue weighted by Crippen LogP contribution is -2.95. The van der Waals surface area contributed by atoms with Gasteiger partial charge >= 0.3 is 0 Å². The van der Waals surface area contributed by atoms with Gasteiger partial charge in [-0.2, -0.15) is 5.26 Å². The lowest BCUT2D eigenvalue weighted by molar-refractivity contribution is -0.726. The van der Waals surface area contributed by atoms with Gasteiger partial charge in [0.1, 0.15) is 21.3 Å². The zero-order valence-corrected chi connectivity index (χ0v) is 29.6. The van der Waals surface area contributed by atoms with Crippen molar-refractivity contribution in [2.75, 3.05) is 0 Å². The SMILES string of the molecule is CC(C)(F)C[C@H]([NH2+][C@@H](c1ccc(-c2ccc(C3C[C@H]3C(=O)NC3CC3)cc2)cc1)C(F)F)C(=O)NC1(C#N)CC1.Cc1ccc(S(=O)(=O)[O-])cc1. The predicted molar refractivity (Wildman–Crippen MR) is 183 cm³/mol. The molecular weight excluding hydrogens is 682 g/mol. The van der Waals surface area contributed by atoms with Crippen molar-refractivity contribution in [2.24, 2.45) is 5.92 Å². The fourth-order valence-corrected chi connectivity index (χ4v) is 6.46. The van der Waals surface area contributed by atoms with E-state index in [1.807, 2.05) is 31.2 Å². The Morgan fingerprint density at radius 1 is 1.00 bits per heavy atom. The number of nitrogens with one attached hydrogen (secondary N) is 2. The van der Waals surface area contributed by atoms with Gasteiger partial charge in [-0.05, 0) is 87.6 Å². The van der Waals surface area contributed by atoms with Crippen molar-refractivity contribution in [2.45, 2.75) is 106 Å². The molecule has 0 saturated heterocycles. The Hall–Kier alpha value is -4.25. The number of aryl methyl sites for hydroxylation is 1. The summed E-state index contributed by atoms with van der Waals surface area (Å²) in [7, 11) is -4.27. The second-order valence-corrected chi connectivity index (χ2v) is 15.9. The number of carbonyl (C=O) groups excluding carboxylic acids is 2. The molecule has 9 nitrogen and oxygen atoms in total. The van der Waals surface area contributed by atoms with Crippen LogP contribution in [0.2, 0.25) is 0 Å². The molecule has 272 valence electrons. The molecule has 0 bridgehead atoms. The maximum absolute atomic E-state index is 14.5. The summed E-state index contributed by atoms with van der Waals surface area (Å²) in [5.41, 5.74) is 1.43. The van der Waals surface area contributed by atoms with Crippen molar-refractivity contribution in [3.63, 3.8) is 0 Å². The highest BCUT2D eigenvalue weighted by molar-refractivity contribution is 7.85. The number of nitrogens with two attached hydrogens (primary N) is 1. The van der Waals surface area contributed by atoms with Crippen LogP contribution in [0, 0.1) is 24.2 Å². The Balaban J connectivity index is 0.000000392. The summed E-state index contributed by atoms with van der Waals surface area (Å²) in [6.07, 6.45) is 0.935. The first-order valence-corrected chi connectivity index (χ1v) is 18.5. The van der Waals surface area contributed by atoms with Crippen molar-refractivity contribution >= 4 is 21.9 Å². The molecule has 1 unspecified atom stereocenters. The summed E-state index contributed by atoms with van der Waals surface area (Å²) in [5.74, 6) is -0.184. The van der Waals surface area contributed by atoms with Crippen LogP contribution in [0.4, 0.5) is 13.2 Å². The van der Waals surface area contributed by atoms with Gasteiger partial charge in [0.2, 0.25) is 5.91 Å². The number of hydrogen-bond acceptors (Lipinski definition) is 6. The van der Waals surface area contributed by atoms with Crippen LogP contribution in [0.25, 0.3) is 11.1 Å². The first kappa shape index (κ1) is 38.0. The number of nitrogens with zero attached hydrogens (tertiary/aromatic N) is 1. The number of nitriles is 1. The van der Waals surface area contributed by atoms with Gasteiger partial charge in [-0.25, -0.2) is 21.6 Å². The average molecular weight is 725 g/mol. The van der Waals surface area contributed by atoms with Crippen LogP contribution < -0.4 is 16.0 Å². The number of alkyl halides is 3. The van der Waals surface area contributed by atoms with Gasteiger partial charge in [0.05, 0.1) is 11.0 Å². The third kappa shape index (κ3) is 10.6. The van der Waals surface area contributed by atoms with Crippen LogP contribution in [-0.2, 0) is 19.7 Å². The molecule has 0 aromatic heterocycles. The highest BCUT2D eigenvalue weighted by Gasteiger charge is 2.48. The Morgan fingerprint density at radius 2 is 1.57 bits per heavy atom. The maximum Gasteiger partial charge on any atom is 0.293 e. The van der Waals surface area contributed by atoms with Gasteiger partial charge in [0.15, 0.2) is 12.1 Å². The monoisotopic (exact) mass is 724 g/mol. The van der Waals surface area contributed by atoms with Crippen molar-refractivity contribution in [1.82, 2.24) is 10.6 Å². The second kappa shape index (κ2) is 15.2. The molecule has 0 spiro atoms. The molecule has 4 N–H and O–H groups in total. The number of benzene rings is 3. The molecule has 6 rings (SSSR count). The first-order valence-electron chi connectivity index (χ1n) is 17.1. The summed E-state index contributed by atoms with van der Waals surface area (Å²) in [6, 6.07) is 20.4. The van der Waals surface area contributed by atoms with Crippen molar-refractivity contribution in [1.29, 1.82) is 5.26 Å². The van der Waals surface area contributed by atoms with Gasteiger partial charge in [-0.15, -0.1) is 0 Å². The van der Waals surface area contributed by atoms with Crippen LogP contribution >= 0.6 is 0 Å². The fraction of sp³-hybridized carbons (Fsp3) is 0.447. The number of hydrogen-bond donors (Lipinski definition) is 3. The van der Waals surface area contributed by atoms with E-state index in [4.69, 9.17) is 0 Å². The van der Waals surface area contributed by atoms with Gasteiger partial charge in [-0.3, -0.25) is 9.59 Å². The van der Waals surface area contributed by atoms with E-state index in [-0.39, 0.29) is 29.1 Å². The maximum atomic E-state index is 14.5. The van der Waals surface area contributed by atoms with E-state index in [2.05, 4.69) is 16.7 Å². The molecule has 3 saturated carbocycles. The molecule has 3 aromatic rings. The quantitative estimate of drug-likeness (QED) is 0.206. The highest BCUT2D eigenvalue weighted by Crippen LogP contribution is 2.48. The minimum atomic E-state index is -4.27. The van der Waals surface area contributed by atoms with Crippen molar-refractivity contribution < 1.29 is 41.0 Å². The summed E-state index contributed by atoms with van der Waals surface area (Å²) >= 11 is 0. The molecule has 3 aliphatic rings. The first-order chi connectivity index (χ1) is 24.0. The van der Waals surface area contributed by atoms with E-state index in [0.29, 0.717) is 24.4 Å². The highest BCUT2D eigenvalue weighted by atomic mass is 32.2. The molecule has 4 atom stereocenters. The number of quaternary nitrogens is 1. The molecule has 0 aliphatic heterocycles. The zero-order valence-electron chi connectivity index (χ0n) is 28.7. The third-order valence-electron chi connectivity index (χ3n) is 9.41. The summed E-state index contributed by atoms with van der Waals surface area (Å²) in [6.45, 7) is 4.44. The number of halogens is 3. The second-order valence-electron chi connectivity index (χ2n) is 14.5. The molecule has 0 heterocycles. The Morgan fingerprint density at radius 3 is 2.04 bits per heavy atom. The molecule has 0 radical (unpaired) electrons. The summed E-state index contributed by atoms with van der Waals surface area (Å²) in [5, 5.41) is 16.2. The molecule has 51 heavy (non-hydrogen) atoms. The normalized spacial score (nSPS) is 20.2. The predicted octanol–water partition coefficient (Wildman–Crippen LogP) is 5.18. The summed E-state index contributed by atoms with van der Waals surface area (Å²) < 4.78 is 74.2. The Bertz CT molecular complexity index is 1850. The van der Waals surface area contributed by atoms with E-state index in [0.717, 1.165) is 41.5 Å². The van der Waals surface area contributed by atoms with Gasteiger partial charge in [0.25, 0.3) is 12.3 Å². The largest absolute Gasteiger partial charge is 0.744 e. The van der Waals surface area contributed by atoms with Crippen molar-refractivity contribution in [3.8, 4) is 17.2 Å². The third-order valence-corrected chi connectivity index (χ3v) is 10.3. The van der Waals surface area contributed by atoms with E-state index < -0.39 is 45.7 Å². The lowest BCUT2D eigenvalue weighted by Gasteiger charge is -2.26. The topological polar surface area (TPSA) is 156 Å². The van der Waals surface area contributed by atoms with E-state index in [9.17, 15) is 41.0 Å². The average Bonchev–Trinajstić information content (AvgIpc) is 3.94. The Labute approximate surface area is 296 Å². The van der Waals surface area contributed by atoms with Crippen LogP contribution in [-0.4, -0.2) is 54.5 Å². The van der Waals surface area contributed by atoms with Gasteiger partial charge in [0, 0.05) is 23.9 Å². The minimum absolute atomic E-state index is 0.0388. The van der Waals surface area contributed by atoms with Gasteiger partial charge < -0.3 is 20.5 Å². The van der Waals surface area contributed by atoms with Crippen LogP contribution in [0.3, 0.4) is 0 Å². The molecule has 13 heteroatoms. The molecule has 3 aliphatic carbocycles. The molecule has 3 fully saturated rings. The molecule has 3 aromatic carbocycles. The van der Waals surface area contributed by atoms with E-state index in [1.165, 1.54) is 31.3 Å². The van der Waals surface area contributed by atoms with E-state index >= 15 is 0 Å².